The summed E-state index contributed by atoms with van der Waals surface area (Å²) >= 11 is 1.23. The maximum absolute atomic E-state index is 13.4. The van der Waals surface area contributed by atoms with Crippen molar-refractivity contribution in [2.45, 2.75) is 31.2 Å². The third kappa shape index (κ3) is 5.30. The van der Waals surface area contributed by atoms with Gasteiger partial charge in [-0.25, -0.2) is 14.4 Å². The molecule has 2 aliphatic heterocycles. The highest BCUT2D eigenvalue weighted by Gasteiger charge is 2.54. The molecule has 3 amide bonds. The number of primary amides is 1. The second-order valence-corrected chi connectivity index (χ2v) is 9.47. The molecular formula is C25H25N3O7S. The highest BCUT2D eigenvalue weighted by molar-refractivity contribution is 8.00. The molecule has 2 aromatic carbocycles. The van der Waals surface area contributed by atoms with Gasteiger partial charge in [-0.3, -0.25) is 9.69 Å². The molecule has 2 heterocycles. The maximum atomic E-state index is 13.4. The van der Waals surface area contributed by atoms with E-state index in [9.17, 15) is 19.2 Å². The lowest BCUT2D eigenvalue weighted by Crippen LogP contribution is -2.63. The first-order valence-electron chi connectivity index (χ1n) is 11.1. The molecule has 0 saturated carbocycles. The van der Waals surface area contributed by atoms with Crippen LogP contribution in [0.1, 0.15) is 18.1 Å². The quantitative estimate of drug-likeness (QED) is 0.329. The van der Waals surface area contributed by atoms with E-state index >= 15 is 0 Å². The molecule has 11 heteroatoms. The third-order valence-corrected chi connectivity index (χ3v) is 7.34. The van der Waals surface area contributed by atoms with Crippen LogP contribution in [-0.2, 0) is 25.7 Å². The summed E-state index contributed by atoms with van der Waals surface area (Å²) in [5.74, 6) is -1.19. The molecule has 2 aromatic rings. The van der Waals surface area contributed by atoms with Gasteiger partial charge in [0.25, 0.3) is 0 Å². The topological polar surface area (TPSA) is 137 Å². The number of amides is 3. The number of hydrogen-bond donors (Lipinski definition) is 2. The van der Waals surface area contributed by atoms with Crippen molar-refractivity contribution in [2.24, 2.45) is 11.7 Å². The van der Waals surface area contributed by atoms with Crippen LogP contribution in [0, 0.1) is 12.8 Å². The molecular weight excluding hydrogens is 486 g/mol. The molecule has 0 radical (unpaired) electrons. The van der Waals surface area contributed by atoms with Gasteiger partial charge in [0.05, 0.1) is 11.3 Å². The van der Waals surface area contributed by atoms with Gasteiger partial charge >= 0.3 is 18.2 Å². The van der Waals surface area contributed by atoms with Crippen molar-refractivity contribution in [3.63, 3.8) is 0 Å². The zero-order valence-corrected chi connectivity index (χ0v) is 20.4. The Morgan fingerprint density at radius 3 is 2.42 bits per heavy atom. The molecule has 0 aromatic heterocycles. The van der Waals surface area contributed by atoms with Crippen LogP contribution in [0.5, 0.6) is 5.75 Å². The van der Waals surface area contributed by atoms with Gasteiger partial charge in [0, 0.05) is 5.57 Å². The molecule has 4 rings (SSSR count). The third-order valence-electron chi connectivity index (χ3n) is 5.77. The molecule has 3 atom stereocenters. The standard InChI is InChI=1S/C25H25N3O7S/c1-14-8-6-7-11-18(14)35-23(30)19-17(13-33-24(26)31)20(36-22-15(2)21(29)28(19)22)27-25(32)34-12-16-9-4-3-5-10-16/h3-11,15,20,22H,12-13H2,1-2H3,(H2,26,31)(H,27,32)/t15-,20?,22-/m1/s1. The van der Waals surface area contributed by atoms with Gasteiger partial charge in [-0.05, 0) is 24.1 Å². The number of rotatable bonds is 7. The normalized spacial score (nSPS) is 20.7. The van der Waals surface area contributed by atoms with Gasteiger partial charge < -0.3 is 25.3 Å². The van der Waals surface area contributed by atoms with Crippen LogP contribution >= 0.6 is 11.8 Å². The second kappa shape index (κ2) is 10.7. The summed E-state index contributed by atoms with van der Waals surface area (Å²) in [6.07, 6.45) is -1.82. The van der Waals surface area contributed by atoms with E-state index in [1.54, 1.807) is 38.1 Å². The molecule has 1 saturated heterocycles. The second-order valence-electron chi connectivity index (χ2n) is 8.25. The first kappa shape index (κ1) is 25.1. The van der Waals surface area contributed by atoms with Gasteiger partial charge in [0.15, 0.2) is 0 Å². The minimum Gasteiger partial charge on any atom is -0.445 e. The molecule has 36 heavy (non-hydrogen) atoms. The number of esters is 1. The summed E-state index contributed by atoms with van der Waals surface area (Å²) < 4.78 is 15.9. The smallest absolute Gasteiger partial charge is 0.408 e. The fourth-order valence-electron chi connectivity index (χ4n) is 3.86. The Balaban J connectivity index is 1.62. The van der Waals surface area contributed by atoms with Gasteiger partial charge in [-0.1, -0.05) is 55.5 Å². The Bertz CT molecular complexity index is 1220. The lowest BCUT2D eigenvalue weighted by Gasteiger charge is -2.50. The minimum absolute atomic E-state index is 0.0352. The van der Waals surface area contributed by atoms with E-state index in [1.807, 2.05) is 30.3 Å². The molecule has 0 aliphatic carbocycles. The van der Waals surface area contributed by atoms with E-state index in [-0.39, 0.29) is 23.8 Å². The van der Waals surface area contributed by atoms with Crippen molar-refractivity contribution in [3.05, 3.63) is 77.0 Å². The van der Waals surface area contributed by atoms with E-state index < -0.39 is 41.4 Å². The number of thioether (sulfide) groups is 1. The number of hydrogen-bond acceptors (Lipinski definition) is 8. The summed E-state index contributed by atoms with van der Waals surface area (Å²) in [6.45, 7) is 3.11. The van der Waals surface area contributed by atoms with E-state index in [4.69, 9.17) is 19.9 Å². The predicted octanol–water partition coefficient (Wildman–Crippen LogP) is 3.05. The number of nitrogens with two attached hydrogens (primary N) is 1. The average Bonchev–Trinajstić information content (AvgIpc) is 2.87. The number of carbonyl (C=O) groups is 4. The van der Waals surface area contributed by atoms with Crippen molar-refractivity contribution in [3.8, 4) is 5.75 Å². The van der Waals surface area contributed by atoms with Crippen LogP contribution in [0.4, 0.5) is 9.59 Å². The lowest BCUT2D eigenvalue weighted by atomic mass is 9.97. The predicted molar refractivity (Wildman–Crippen MR) is 130 cm³/mol. The Morgan fingerprint density at radius 1 is 1.03 bits per heavy atom. The fraction of sp³-hybridized carbons (Fsp3) is 0.280. The van der Waals surface area contributed by atoms with Crippen LogP contribution in [-0.4, -0.2) is 46.3 Å². The molecule has 3 N–H and O–H groups in total. The fourth-order valence-corrected chi connectivity index (χ4v) is 5.33. The highest BCUT2D eigenvalue weighted by Crippen LogP contribution is 2.46. The van der Waals surface area contributed by atoms with Gasteiger partial charge in [0.1, 0.15) is 30.0 Å². The number of β-lactam (4-membered cyclic amide) rings is 1. The first-order valence-corrected chi connectivity index (χ1v) is 12.1. The van der Waals surface area contributed by atoms with Crippen molar-refractivity contribution in [2.75, 3.05) is 6.61 Å². The summed E-state index contributed by atoms with van der Waals surface area (Å²) in [4.78, 5) is 51.4. The zero-order chi connectivity index (χ0) is 25.8. The SMILES string of the molecule is Cc1ccccc1OC(=O)C1=C(COC(N)=O)C(NC(=O)OCc2ccccc2)S[C@@H]2[C@H](C)C(=O)N12. The number of nitrogens with one attached hydrogen (secondary N) is 1. The molecule has 0 bridgehead atoms. The summed E-state index contributed by atoms with van der Waals surface area (Å²) in [6, 6.07) is 16.0. The minimum atomic E-state index is -1.07. The van der Waals surface area contributed by atoms with Gasteiger partial charge in [-0.2, -0.15) is 0 Å². The molecule has 0 spiro atoms. The van der Waals surface area contributed by atoms with Crippen molar-refractivity contribution >= 4 is 35.8 Å². The van der Waals surface area contributed by atoms with Crippen LogP contribution in [0.25, 0.3) is 0 Å². The van der Waals surface area contributed by atoms with Crippen molar-refractivity contribution < 1.29 is 33.4 Å². The Kier molecular flexibility index (Phi) is 7.49. The van der Waals surface area contributed by atoms with E-state index in [0.29, 0.717) is 11.3 Å². The number of alkyl carbamates (subject to hydrolysis) is 1. The Morgan fingerprint density at radius 2 is 1.72 bits per heavy atom. The van der Waals surface area contributed by atoms with E-state index in [2.05, 4.69) is 5.32 Å². The summed E-state index contributed by atoms with van der Waals surface area (Å²) in [5, 5.41) is 1.43. The molecule has 2 aliphatic rings. The molecule has 1 fully saturated rings. The van der Waals surface area contributed by atoms with Gasteiger partial charge in [0.2, 0.25) is 5.91 Å². The van der Waals surface area contributed by atoms with E-state index in [0.717, 1.165) is 5.56 Å². The average molecular weight is 512 g/mol. The molecule has 188 valence electrons. The zero-order valence-electron chi connectivity index (χ0n) is 19.6. The van der Waals surface area contributed by atoms with Crippen LogP contribution < -0.4 is 15.8 Å². The first-order chi connectivity index (χ1) is 17.3. The summed E-state index contributed by atoms with van der Waals surface area (Å²) in [7, 11) is 0. The number of fused-ring (bicyclic) bond motifs is 1. The number of para-hydroxylation sites is 1. The molecule has 10 nitrogen and oxygen atoms in total. The Hall–Kier alpha value is -3.99. The summed E-state index contributed by atoms with van der Waals surface area (Å²) in [5.41, 5.74) is 6.73. The largest absolute Gasteiger partial charge is 0.445 e. The number of nitrogens with zero attached hydrogens (tertiary/aromatic N) is 1. The van der Waals surface area contributed by atoms with Crippen molar-refractivity contribution in [1.82, 2.24) is 10.2 Å². The lowest BCUT2D eigenvalue weighted by molar-refractivity contribution is -0.150. The molecule has 1 unspecified atom stereocenters. The Labute approximate surface area is 211 Å². The number of benzene rings is 2. The monoisotopic (exact) mass is 511 g/mol. The highest BCUT2D eigenvalue weighted by atomic mass is 32.2. The van der Waals surface area contributed by atoms with Gasteiger partial charge in [-0.15, -0.1) is 11.8 Å². The number of aryl methyl sites for hydroxylation is 1. The van der Waals surface area contributed by atoms with Crippen molar-refractivity contribution in [1.29, 1.82) is 0 Å². The maximum Gasteiger partial charge on any atom is 0.408 e. The van der Waals surface area contributed by atoms with Crippen LogP contribution in [0.2, 0.25) is 0 Å². The van der Waals surface area contributed by atoms with Crippen LogP contribution in [0.3, 0.4) is 0 Å². The van der Waals surface area contributed by atoms with Crippen LogP contribution in [0.15, 0.2) is 65.9 Å². The number of carbonyl (C=O) groups excluding carboxylic acids is 4. The van der Waals surface area contributed by atoms with E-state index in [1.165, 1.54) is 16.7 Å². The number of ether oxygens (including phenoxy) is 3.